The Morgan fingerprint density at radius 1 is 0.762 bits per heavy atom. The van der Waals surface area contributed by atoms with Gasteiger partial charge in [-0.15, -0.1) is 0 Å². The number of benzene rings is 3. The summed E-state index contributed by atoms with van der Waals surface area (Å²) >= 11 is 0. The molecule has 42 heavy (non-hydrogen) atoms. The lowest BCUT2D eigenvalue weighted by atomic mass is 9.96. The number of hydrogen-bond donors (Lipinski definition) is 0. The smallest absolute Gasteiger partial charge is 0.0708 e. The maximum atomic E-state index is 4.75. The molecule has 0 unspecified atom stereocenters. The molecule has 0 amide bonds. The first-order chi connectivity index (χ1) is 20.4. The molecule has 0 bridgehead atoms. The minimum atomic E-state index is 0.883. The third-order valence-electron chi connectivity index (χ3n) is 7.07. The Balaban J connectivity index is 1.93. The molecular weight excluding hydrogens is 508 g/mol. The van der Waals surface area contributed by atoms with Gasteiger partial charge < -0.3 is 4.57 Å². The topological polar surface area (TPSA) is 17.3 Å². The van der Waals surface area contributed by atoms with Gasteiger partial charge in [-0.1, -0.05) is 91.6 Å². The fourth-order valence-corrected chi connectivity index (χ4v) is 5.28. The van der Waals surface area contributed by atoms with E-state index in [1.54, 1.807) is 0 Å². The summed E-state index contributed by atoms with van der Waals surface area (Å²) in [6, 6.07) is 17.7. The highest BCUT2D eigenvalue weighted by Gasteiger charge is 2.16. The number of rotatable bonds is 10. The maximum absolute atomic E-state index is 4.75. The second-order valence-corrected chi connectivity index (χ2v) is 10.2. The first-order valence-corrected chi connectivity index (χ1v) is 14.4. The largest absolute Gasteiger partial charge is 0.309 e. The highest BCUT2D eigenvalue weighted by atomic mass is 15.0. The van der Waals surface area contributed by atoms with Gasteiger partial charge in [0.1, 0.15) is 0 Å². The minimum Gasteiger partial charge on any atom is -0.309 e. The molecule has 1 aromatic heterocycles. The summed E-state index contributed by atoms with van der Waals surface area (Å²) in [5.41, 5.74) is 11.0. The van der Waals surface area contributed by atoms with Gasteiger partial charge in [-0.2, -0.15) is 0 Å². The summed E-state index contributed by atoms with van der Waals surface area (Å²) in [5.74, 6) is 0. The van der Waals surface area contributed by atoms with Crippen LogP contribution in [0.4, 0.5) is 5.69 Å². The SMILES string of the molecule is C=C/C=C(\C=CC)n1c2ccc(-c3ccc(N=C/C=C\C=C/C)c(C(=C)/C=C\C=C/C)c3)cc2c2cc(C)cc(C)c21. The van der Waals surface area contributed by atoms with E-state index in [0.29, 0.717) is 0 Å². The van der Waals surface area contributed by atoms with Crippen LogP contribution in [0.5, 0.6) is 0 Å². The molecule has 0 N–H and O–H groups in total. The maximum Gasteiger partial charge on any atom is 0.0708 e. The third kappa shape index (κ3) is 6.50. The van der Waals surface area contributed by atoms with Crippen LogP contribution in [0.3, 0.4) is 0 Å². The van der Waals surface area contributed by atoms with Crippen molar-refractivity contribution in [3.05, 3.63) is 151 Å². The molecule has 1 heterocycles. The predicted octanol–water partition coefficient (Wildman–Crippen LogP) is 11.7. The van der Waals surface area contributed by atoms with E-state index >= 15 is 0 Å². The zero-order valence-electron chi connectivity index (χ0n) is 25.4. The zero-order valence-corrected chi connectivity index (χ0v) is 25.4. The molecule has 2 heteroatoms. The molecule has 0 radical (unpaired) electrons. The number of aromatic nitrogens is 1. The first kappa shape index (κ1) is 30.0. The van der Waals surface area contributed by atoms with Gasteiger partial charge in [0, 0.05) is 28.2 Å². The van der Waals surface area contributed by atoms with Crippen LogP contribution in [0, 0.1) is 13.8 Å². The second-order valence-electron chi connectivity index (χ2n) is 10.2. The van der Waals surface area contributed by atoms with E-state index < -0.39 is 0 Å². The third-order valence-corrected chi connectivity index (χ3v) is 7.07. The standard InChI is InChI=1S/C40H40N2/c1-8-12-14-16-24-41-38-22-20-32(27-35(38)30(6)19-15-13-9-2)33-21-23-39-36(28-33)37-26-29(5)25-31(7)40(37)42(39)34(17-10-3)18-11-4/h8-28H,3,6H2,1-2,4-5,7H3/b12-8-,13-9-,16-14-,18-11?,19-15-,34-17+,41-24?. The van der Waals surface area contributed by atoms with Crippen LogP contribution in [0.2, 0.25) is 0 Å². The minimum absolute atomic E-state index is 0.883. The monoisotopic (exact) mass is 548 g/mol. The van der Waals surface area contributed by atoms with Crippen molar-refractivity contribution in [2.75, 3.05) is 0 Å². The van der Waals surface area contributed by atoms with Gasteiger partial charge in [0.2, 0.25) is 0 Å². The average molecular weight is 549 g/mol. The number of aliphatic imine (C=N–C) groups is 1. The van der Waals surface area contributed by atoms with Crippen LogP contribution < -0.4 is 0 Å². The van der Waals surface area contributed by atoms with Crippen molar-refractivity contribution >= 4 is 45.0 Å². The van der Waals surface area contributed by atoms with E-state index in [1.165, 1.54) is 32.9 Å². The lowest BCUT2D eigenvalue weighted by Gasteiger charge is -2.12. The Bertz CT molecular complexity index is 1840. The Kier molecular flexibility index (Phi) is 10.1. The Labute approximate surface area is 251 Å². The summed E-state index contributed by atoms with van der Waals surface area (Å²) in [4.78, 5) is 4.75. The number of nitrogens with zero attached hydrogens (tertiary/aromatic N) is 2. The number of allylic oxidation sites excluding steroid dienone is 14. The molecule has 2 nitrogen and oxygen atoms in total. The summed E-state index contributed by atoms with van der Waals surface area (Å²) in [6.45, 7) is 18.7. The highest BCUT2D eigenvalue weighted by Crippen LogP contribution is 2.38. The molecule has 4 rings (SSSR count). The van der Waals surface area contributed by atoms with Crippen LogP contribution in [-0.4, -0.2) is 10.8 Å². The fourth-order valence-electron chi connectivity index (χ4n) is 5.28. The Morgan fingerprint density at radius 2 is 1.50 bits per heavy atom. The van der Waals surface area contributed by atoms with Crippen molar-refractivity contribution in [1.29, 1.82) is 0 Å². The van der Waals surface area contributed by atoms with Gasteiger partial charge >= 0.3 is 0 Å². The van der Waals surface area contributed by atoms with Crippen LogP contribution in [0.1, 0.15) is 37.5 Å². The van der Waals surface area contributed by atoms with E-state index in [0.717, 1.165) is 33.6 Å². The lowest BCUT2D eigenvalue weighted by Crippen LogP contribution is -1.96. The van der Waals surface area contributed by atoms with Crippen molar-refractivity contribution < 1.29 is 0 Å². The van der Waals surface area contributed by atoms with Gasteiger partial charge in [-0.25, -0.2) is 0 Å². The van der Waals surface area contributed by atoms with E-state index in [-0.39, 0.29) is 0 Å². The first-order valence-electron chi connectivity index (χ1n) is 14.4. The molecule has 0 saturated heterocycles. The molecule has 4 aromatic rings. The molecule has 0 aliphatic heterocycles. The zero-order chi connectivity index (χ0) is 30.1. The van der Waals surface area contributed by atoms with Gasteiger partial charge in [0.15, 0.2) is 0 Å². The van der Waals surface area contributed by atoms with Crippen molar-refractivity contribution in [1.82, 2.24) is 4.57 Å². The molecule has 0 atom stereocenters. The lowest BCUT2D eigenvalue weighted by molar-refractivity contribution is 1.22. The second kappa shape index (κ2) is 14.1. The Hall–Kier alpha value is -4.95. The molecule has 0 aliphatic carbocycles. The van der Waals surface area contributed by atoms with Crippen molar-refractivity contribution in [2.45, 2.75) is 34.6 Å². The number of hydrogen-bond acceptors (Lipinski definition) is 1. The predicted molar refractivity (Wildman–Crippen MR) is 189 cm³/mol. The molecule has 210 valence electrons. The van der Waals surface area contributed by atoms with Crippen LogP contribution in [0.25, 0.3) is 44.2 Å². The van der Waals surface area contributed by atoms with Gasteiger partial charge in [0.05, 0.1) is 16.7 Å². The molecule has 0 spiro atoms. The van der Waals surface area contributed by atoms with Gasteiger partial charge in [-0.05, 0) is 105 Å². The number of fused-ring (bicyclic) bond motifs is 3. The van der Waals surface area contributed by atoms with Crippen LogP contribution in [-0.2, 0) is 0 Å². The van der Waals surface area contributed by atoms with Crippen LogP contribution >= 0.6 is 0 Å². The average Bonchev–Trinajstić information content (AvgIpc) is 3.31. The van der Waals surface area contributed by atoms with E-state index in [4.69, 9.17) is 4.99 Å². The molecule has 0 aliphatic rings. The number of aryl methyl sites for hydroxylation is 2. The molecule has 3 aromatic carbocycles. The quantitative estimate of drug-likeness (QED) is 0.138. The van der Waals surface area contributed by atoms with Crippen molar-refractivity contribution in [3.63, 3.8) is 0 Å². The van der Waals surface area contributed by atoms with Crippen molar-refractivity contribution in [3.8, 4) is 11.1 Å². The van der Waals surface area contributed by atoms with Gasteiger partial charge in [0.25, 0.3) is 0 Å². The molecule has 0 saturated carbocycles. The molecule has 0 fully saturated rings. The highest BCUT2D eigenvalue weighted by molar-refractivity contribution is 6.13. The normalized spacial score (nSPS) is 13.1. The summed E-state index contributed by atoms with van der Waals surface area (Å²) in [6.07, 6.45) is 25.9. The van der Waals surface area contributed by atoms with E-state index in [2.05, 4.69) is 98.3 Å². The van der Waals surface area contributed by atoms with E-state index in [1.807, 2.05) is 81.7 Å². The van der Waals surface area contributed by atoms with E-state index in [9.17, 15) is 0 Å². The fraction of sp³-hybridized carbons (Fsp3) is 0.125. The molecular formula is C40H40N2. The Morgan fingerprint density at radius 3 is 2.24 bits per heavy atom. The summed E-state index contributed by atoms with van der Waals surface area (Å²) < 4.78 is 2.35. The van der Waals surface area contributed by atoms with Crippen LogP contribution in [0.15, 0.2) is 140 Å². The van der Waals surface area contributed by atoms with Crippen molar-refractivity contribution in [2.24, 2.45) is 4.99 Å². The summed E-state index contributed by atoms with van der Waals surface area (Å²) in [5, 5.41) is 2.47. The van der Waals surface area contributed by atoms with Gasteiger partial charge in [-0.3, -0.25) is 4.99 Å². The summed E-state index contributed by atoms with van der Waals surface area (Å²) in [7, 11) is 0.